The van der Waals surface area contributed by atoms with E-state index in [9.17, 15) is 8.42 Å². The van der Waals surface area contributed by atoms with Gasteiger partial charge in [-0.15, -0.1) is 11.6 Å². The number of unbranched alkanes of at least 4 members (excludes halogenated alkanes) is 13. The number of nitrogens with zero attached hydrogens (tertiary/aromatic N) is 1. The van der Waals surface area contributed by atoms with Crippen LogP contribution in [0.2, 0.25) is 0 Å². The Hall–Kier alpha value is 0.200. The van der Waals surface area contributed by atoms with Crippen LogP contribution >= 0.6 is 11.6 Å². The Balaban J connectivity index is 3.12. The minimum atomic E-state index is -2.98. The van der Waals surface area contributed by atoms with Crippen molar-refractivity contribution in [3.05, 3.63) is 0 Å². The Morgan fingerprint density at radius 3 is 1.52 bits per heavy atom. The Morgan fingerprint density at radius 2 is 1.08 bits per heavy atom. The minimum Gasteiger partial charge on any atom is -0.241 e. The zero-order chi connectivity index (χ0) is 18.6. The van der Waals surface area contributed by atoms with Crippen LogP contribution in [-0.4, -0.2) is 38.9 Å². The summed E-state index contributed by atoms with van der Waals surface area (Å²) in [5.41, 5.74) is 0. The molecule has 25 heavy (non-hydrogen) atoms. The van der Waals surface area contributed by atoms with E-state index in [1.807, 2.05) is 0 Å². The van der Waals surface area contributed by atoms with E-state index in [0.29, 0.717) is 6.54 Å². The van der Waals surface area contributed by atoms with Crippen molar-refractivity contribution in [2.75, 3.05) is 30.5 Å². The maximum Gasteiger partial charge on any atom is 0.152 e. The number of alkyl halides is 1. The van der Waals surface area contributed by atoms with E-state index in [2.05, 4.69) is 12.2 Å². The molecule has 0 fully saturated rings. The lowest BCUT2D eigenvalue weighted by Gasteiger charge is -2.04. The highest BCUT2D eigenvalue weighted by Gasteiger charge is 2.08. The molecule has 0 spiro atoms. The van der Waals surface area contributed by atoms with Crippen LogP contribution < -0.4 is 5.32 Å². The van der Waals surface area contributed by atoms with E-state index >= 15 is 0 Å². The highest BCUT2D eigenvalue weighted by molar-refractivity contribution is 7.91. The first-order valence-electron chi connectivity index (χ1n) is 10.5. The fourth-order valence-corrected chi connectivity index (χ4v) is 4.50. The first-order valence-corrected chi connectivity index (χ1v) is 12.9. The van der Waals surface area contributed by atoms with Crippen molar-refractivity contribution in [2.45, 2.75) is 96.8 Å². The van der Waals surface area contributed by atoms with Crippen molar-refractivity contribution in [2.24, 2.45) is 0 Å². The summed E-state index contributed by atoms with van der Waals surface area (Å²) in [6.45, 7) is 3.50. The van der Waals surface area contributed by atoms with E-state index < -0.39 is 9.84 Å². The van der Waals surface area contributed by atoms with Crippen LogP contribution in [0.3, 0.4) is 0 Å². The summed E-state index contributed by atoms with van der Waals surface area (Å²) >= 11 is 5.46. The summed E-state index contributed by atoms with van der Waals surface area (Å²) < 4.78 is 22.9. The summed E-state index contributed by atoms with van der Waals surface area (Å²) in [5.74, 6) is 0.405. The Morgan fingerprint density at radius 1 is 0.640 bits per heavy atom. The molecule has 0 atom stereocenters. The van der Waals surface area contributed by atoms with Gasteiger partial charge in [0.05, 0.1) is 11.5 Å². The molecule has 0 aromatic carbocycles. The molecule has 0 saturated carbocycles. The molecule has 5 heteroatoms. The molecule has 0 aliphatic carbocycles. The van der Waals surface area contributed by atoms with Crippen LogP contribution in [-0.2, 0) is 9.84 Å². The SMILES string of the molecule is CCCCCCCCCCCCCCCC[N]CCS(=O)(=O)CCCl. The van der Waals surface area contributed by atoms with Crippen molar-refractivity contribution in [3.8, 4) is 0 Å². The molecular weight excluding hydrogens is 354 g/mol. The van der Waals surface area contributed by atoms with Crippen molar-refractivity contribution in [3.63, 3.8) is 0 Å². The molecule has 0 heterocycles. The second kappa shape index (κ2) is 19.0. The molecule has 0 bridgehead atoms. The molecule has 0 aliphatic heterocycles. The van der Waals surface area contributed by atoms with Gasteiger partial charge in [0.1, 0.15) is 0 Å². The summed E-state index contributed by atoms with van der Waals surface area (Å²) in [5, 5.41) is 4.31. The van der Waals surface area contributed by atoms with Crippen LogP contribution in [0.25, 0.3) is 0 Å². The third kappa shape index (κ3) is 20.4. The third-order valence-corrected chi connectivity index (χ3v) is 6.66. The molecule has 0 N–H and O–H groups in total. The fraction of sp³-hybridized carbons (Fsp3) is 1.00. The smallest absolute Gasteiger partial charge is 0.152 e. The third-order valence-electron chi connectivity index (χ3n) is 4.62. The van der Waals surface area contributed by atoms with Crippen LogP contribution in [0.4, 0.5) is 0 Å². The first kappa shape index (κ1) is 25.2. The molecule has 0 aromatic heterocycles. The maximum absolute atomic E-state index is 11.4. The van der Waals surface area contributed by atoms with Crippen molar-refractivity contribution < 1.29 is 8.42 Å². The van der Waals surface area contributed by atoms with Gasteiger partial charge in [-0.2, -0.15) is 0 Å². The molecule has 1 radical (unpaired) electrons. The average molecular weight is 395 g/mol. The van der Waals surface area contributed by atoms with Gasteiger partial charge in [0.25, 0.3) is 0 Å². The lowest BCUT2D eigenvalue weighted by molar-refractivity contribution is 0.530. The molecule has 0 aromatic rings. The lowest BCUT2D eigenvalue weighted by atomic mass is 10.0. The maximum atomic E-state index is 11.4. The number of hydrogen-bond donors (Lipinski definition) is 0. The van der Waals surface area contributed by atoms with Gasteiger partial charge in [-0.05, 0) is 6.42 Å². The molecule has 151 valence electrons. The topological polar surface area (TPSA) is 48.2 Å². The van der Waals surface area contributed by atoms with Crippen molar-refractivity contribution in [1.82, 2.24) is 5.32 Å². The van der Waals surface area contributed by atoms with E-state index in [1.165, 1.54) is 83.5 Å². The molecule has 0 amide bonds. The van der Waals surface area contributed by atoms with E-state index in [0.717, 1.165) is 13.0 Å². The lowest BCUT2D eigenvalue weighted by Crippen LogP contribution is -2.21. The molecule has 0 saturated heterocycles. The second-order valence-corrected chi connectivity index (χ2v) is 9.79. The fourth-order valence-electron chi connectivity index (χ4n) is 2.95. The monoisotopic (exact) mass is 394 g/mol. The quantitative estimate of drug-likeness (QED) is 0.195. The first-order chi connectivity index (χ1) is 12.1. The predicted molar refractivity (Wildman–Crippen MR) is 112 cm³/mol. The highest BCUT2D eigenvalue weighted by atomic mass is 35.5. The summed E-state index contributed by atoms with van der Waals surface area (Å²) in [7, 11) is -2.98. The van der Waals surface area contributed by atoms with Crippen molar-refractivity contribution >= 4 is 21.4 Å². The van der Waals surface area contributed by atoms with Gasteiger partial charge in [-0.3, -0.25) is 0 Å². The zero-order valence-electron chi connectivity index (χ0n) is 16.5. The summed E-state index contributed by atoms with van der Waals surface area (Å²) in [4.78, 5) is 0. The van der Waals surface area contributed by atoms with Crippen LogP contribution in [0, 0.1) is 0 Å². The largest absolute Gasteiger partial charge is 0.241 e. The highest BCUT2D eigenvalue weighted by Crippen LogP contribution is 2.12. The molecule has 0 rings (SSSR count). The standard InChI is InChI=1S/C20H41ClNO2S/c1-2-3-4-5-6-7-8-9-10-11-12-13-14-15-17-22-18-20-25(23,24)19-16-21/h2-20H2,1H3. The van der Waals surface area contributed by atoms with Gasteiger partial charge in [-0.1, -0.05) is 90.4 Å². The van der Waals surface area contributed by atoms with Gasteiger partial charge in [-0.25, -0.2) is 13.7 Å². The minimum absolute atomic E-state index is 0.0724. The van der Waals surface area contributed by atoms with E-state index in [1.54, 1.807) is 0 Å². The molecule has 0 aliphatic rings. The van der Waals surface area contributed by atoms with Crippen LogP contribution in [0.5, 0.6) is 0 Å². The Kier molecular flexibility index (Phi) is 19.1. The Bertz CT molecular complexity index is 361. The summed E-state index contributed by atoms with van der Waals surface area (Å²) in [6.07, 6.45) is 18.9. The molecular formula is C20H41ClNO2S. The predicted octanol–water partition coefficient (Wildman–Crippen LogP) is 5.73. The van der Waals surface area contributed by atoms with Gasteiger partial charge in [0.15, 0.2) is 9.84 Å². The van der Waals surface area contributed by atoms with Gasteiger partial charge < -0.3 is 0 Å². The Labute approximate surface area is 162 Å². The summed E-state index contributed by atoms with van der Waals surface area (Å²) in [6, 6.07) is 0. The van der Waals surface area contributed by atoms with Gasteiger partial charge >= 0.3 is 0 Å². The zero-order valence-corrected chi connectivity index (χ0v) is 18.1. The van der Waals surface area contributed by atoms with E-state index in [-0.39, 0.29) is 17.4 Å². The number of halogens is 1. The average Bonchev–Trinajstić information content (AvgIpc) is 2.57. The van der Waals surface area contributed by atoms with E-state index in [4.69, 9.17) is 11.6 Å². The number of sulfone groups is 1. The van der Waals surface area contributed by atoms with Crippen LogP contribution in [0.1, 0.15) is 96.8 Å². The normalized spacial score (nSPS) is 11.9. The van der Waals surface area contributed by atoms with Crippen molar-refractivity contribution in [1.29, 1.82) is 0 Å². The molecule has 3 nitrogen and oxygen atoms in total. The number of hydrogen-bond acceptors (Lipinski definition) is 2. The second-order valence-electron chi connectivity index (χ2n) is 7.11. The number of rotatable bonds is 20. The van der Waals surface area contributed by atoms with Crippen LogP contribution in [0.15, 0.2) is 0 Å². The van der Waals surface area contributed by atoms with Gasteiger partial charge in [0, 0.05) is 19.0 Å². The molecule has 0 unspecified atom stereocenters. The van der Waals surface area contributed by atoms with Gasteiger partial charge in [0.2, 0.25) is 0 Å².